The maximum atomic E-state index is 3.24. The van der Waals surface area contributed by atoms with E-state index < -0.39 is 0 Å². The van der Waals surface area contributed by atoms with Gasteiger partial charge in [-0.15, -0.1) is 0 Å². The molecular formula is C23H32. The van der Waals surface area contributed by atoms with E-state index in [1.165, 1.54) is 56.9 Å². The maximum Gasteiger partial charge on any atom is 0.0249 e. The second kappa shape index (κ2) is 10.3. The fourth-order valence-corrected chi connectivity index (χ4v) is 3.49. The van der Waals surface area contributed by atoms with Crippen LogP contribution in [0.5, 0.6) is 0 Å². The van der Waals surface area contributed by atoms with E-state index in [2.05, 4.69) is 62.1 Å². The monoisotopic (exact) mass is 308 g/mol. The van der Waals surface area contributed by atoms with Gasteiger partial charge in [0.25, 0.3) is 0 Å². The van der Waals surface area contributed by atoms with E-state index in [1.54, 1.807) is 0 Å². The van der Waals surface area contributed by atoms with E-state index >= 15 is 0 Å². The first-order valence-corrected chi connectivity index (χ1v) is 9.59. The molecule has 1 aromatic rings. The predicted molar refractivity (Wildman–Crippen MR) is 101 cm³/mol. The standard InChI is InChI=1S/C23H32/c1-3-5-6-9-21-16-18-23(19-17-21)11-8-7-10-22-14-12-20(4-2)13-15-22/h8,11-15,21,23H,3-6,9,16-19H2,1-2H3. The van der Waals surface area contributed by atoms with Crippen LogP contribution in [-0.2, 0) is 6.42 Å². The van der Waals surface area contributed by atoms with Crippen molar-refractivity contribution in [3.63, 3.8) is 0 Å². The van der Waals surface area contributed by atoms with Gasteiger partial charge >= 0.3 is 0 Å². The average molecular weight is 309 g/mol. The second-order valence-electron chi connectivity index (χ2n) is 6.96. The minimum atomic E-state index is 0.759. The quantitative estimate of drug-likeness (QED) is 0.413. The molecule has 1 aromatic carbocycles. The van der Waals surface area contributed by atoms with Gasteiger partial charge in [0.05, 0.1) is 0 Å². The molecule has 0 atom stereocenters. The third-order valence-corrected chi connectivity index (χ3v) is 5.14. The minimum absolute atomic E-state index is 0.759. The lowest BCUT2D eigenvalue weighted by atomic mass is 9.79. The van der Waals surface area contributed by atoms with Crippen LogP contribution in [0.4, 0.5) is 0 Å². The number of hydrogen-bond donors (Lipinski definition) is 0. The highest BCUT2D eigenvalue weighted by atomic mass is 14.2. The van der Waals surface area contributed by atoms with E-state index in [1.807, 2.05) is 0 Å². The second-order valence-corrected chi connectivity index (χ2v) is 6.96. The number of unbranched alkanes of at least 4 members (excludes halogenated alkanes) is 2. The molecule has 0 bridgehead atoms. The molecule has 1 aliphatic carbocycles. The van der Waals surface area contributed by atoms with E-state index in [-0.39, 0.29) is 0 Å². The molecule has 1 aliphatic rings. The van der Waals surface area contributed by atoms with Crippen LogP contribution >= 0.6 is 0 Å². The molecular weight excluding hydrogens is 276 g/mol. The molecule has 0 nitrogen and oxygen atoms in total. The van der Waals surface area contributed by atoms with Crippen molar-refractivity contribution in [1.82, 2.24) is 0 Å². The Labute approximate surface area is 143 Å². The zero-order chi connectivity index (χ0) is 16.3. The first-order valence-electron chi connectivity index (χ1n) is 9.59. The van der Waals surface area contributed by atoms with Crippen molar-refractivity contribution in [2.24, 2.45) is 11.8 Å². The van der Waals surface area contributed by atoms with Gasteiger partial charge in [0.15, 0.2) is 0 Å². The number of aryl methyl sites for hydroxylation is 1. The molecule has 0 unspecified atom stereocenters. The Morgan fingerprint density at radius 1 is 1.00 bits per heavy atom. The van der Waals surface area contributed by atoms with Crippen molar-refractivity contribution in [2.45, 2.75) is 71.6 Å². The van der Waals surface area contributed by atoms with E-state index in [9.17, 15) is 0 Å². The zero-order valence-electron chi connectivity index (χ0n) is 15.0. The molecule has 0 heterocycles. The smallest absolute Gasteiger partial charge is 0.0249 e. The Hall–Kier alpha value is -1.48. The van der Waals surface area contributed by atoms with Gasteiger partial charge in [-0.1, -0.05) is 69.6 Å². The van der Waals surface area contributed by atoms with E-state index in [0.29, 0.717) is 0 Å². The number of benzene rings is 1. The summed E-state index contributed by atoms with van der Waals surface area (Å²) in [5.41, 5.74) is 2.49. The largest absolute Gasteiger partial charge is 0.0730 e. The van der Waals surface area contributed by atoms with Crippen LogP contribution in [0.3, 0.4) is 0 Å². The minimum Gasteiger partial charge on any atom is -0.0730 e. The predicted octanol–water partition coefficient (Wildman–Crippen LogP) is 6.54. The Balaban J connectivity index is 1.71. The van der Waals surface area contributed by atoms with Crippen LogP contribution in [0.15, 0.2) is 36.4 Å². The number of allylic oxidation sites excluding steroid dienone is 2. The molecule has 23 heavy (non-hydrogen) atoms. The Morgan fingerprint density at radius 2 is 1.74 bits per heavy atom. The maximum absolute atomic E-state index is 3.24. The summed E-state index contributed by atoms with van der Waals surface area (Å²) in [4.78, 5) is 0. The normalized spacial score (nSPS) is 21.1. The average Bonchev–Trinajstić information content (AvgIpc) is 2.61. The van der Waals surface area contributed by atoms with Crippen LogP contribution in [0.25, 0.3) is 0 Å². The Bertz CT molecular complexity index is 515. The van der Waals surface area contributed by atoms with Crippen molar-refractivity contribution in [3.05, 3.63) is 47.5 Å². The van der Waals surface area contributed by atoms with Gasteiger partial charge in [-0.3, -0.25) is 0 Å². The summed E-state index contributed by atoms with van der Waals surface area (Å²) in [6.45, 7) is 4.48. The van der Waals surface area contributed by atoms with Gasteiger partial charge in [-0.25, -0.2) is 0 Å². The van der Waals surface area contributed by atoms with Crippen LogP contribution < -0.4 is 0 Å². The van der Waals surface area contributed by atoms with Crippen molar-refractivity contribution < 1.29 is 0 Å². The first-order chi connectivity index (χ1) is 11.3. The highest BCUT2D eigenvalue weighted by Crippen LogP contribution is 2.32. The third kappa shape index (κ3) is 6.66. The Morgan fingerprint density at radius 3 is 2.39 bits per heavy atom. The summed E-state index contributed by atoms with van der Waals surface area (Å²) in [5.74, 6) is 8.20. The highest BCUT2D eigenvalue weighted by molar-refractivity contribution is 5.38. The van der Waals surface area contributed by atoms with Gasteiger partial charge in [-0.05, 0) is 67.7 Å². The molecule has 0 aromatic heterocycles. The lowest BCUT2D eigenvalue weighted by Crippen LogP contribution is -2.12. The number of hydrogen-bond acceptors (Lipinski definition) is 0. The molecule has 0 spiro atoms. The molecule has 0 saturated heterocycles. The van der Waals surface area contributed by atoms with Gasteiger partial charge < -0.3 is 0 Å². The SMILES string of the molecule is CCCCCC1CCC(C=CC#Cc2ccc(CC)cc2)CC1. The summed E-state index contributed by atoms with van der Waals surface area (Å²) in [6.07, 6.45) is 16.7. The van der Waals surface area contributed by atoms with E-state index in [4.69, 9.17) is 0 Å². The first kappa shape index (κ1) is 17.9. The van der Waals surface area contributed by atoms with Crippen molar-refractivity contribution in [2.75, 3.05) is 0 Å². The molecule has 124 valence electrons. The summed E-state index contributed by atoms with van der Waals surface area (Å²) in [5, 5.41) is 0. The van der Waals surface area contributed by atoms with Crippen LogP contribution in [0, 0.1) is 23.7 Å². The molecule has 0 heteroatoms. The molecule has 2 rings (SSSR count). The number of rotatable bonds is 6. The third-order valence-electron chi connectivity index (χ3n) is 5.14. The zero-order valence-corrected chi connectivity index (χ0v) is 15.0. The van der Waals surface area contributed by atoms with Gasteiger partial charge in [0.2, 0.25) is 0 Å². The van der Waals surface area contributed by atoms with Crippen LogP contribution in [0.2, 0.25) is 0 Å². The molecule has 0 N–H and O–H groups in total. The lowest BCUT2D eigenvalue weighted by Gasteiger charge is -2.26. The van der Waals surface area contributed by atoms with Gasteiger partial charge in [0.1, 0.15) is 0 Å². The summed E-state index contributed by atoms with van der Waals surface area (Å²) in [7, 11) is 0. The molecule has 0 radical (unpaired) electrons. The lowest BCUT2D eigenvalue weighted by molar-refractivity contribution is 0.289. The molecule has 1 saturated carbocycles. The van der Waals surface area contributed by atoms with Crippen molar-refractivity contribution in [3.8, 4) is 11.8 Å². The fourth-order valence-electron chi connectivity index (χ4n) is 3.49. The van der Waals surface area contributed by atoms with Gasteiger partial charge in [0, 0.05) is 5.56 Å². The molecule has 0 amide bonds. The van der Waals surface area contributed by atoms with Crippen LogP contribution in [0.1, 0.15) is 76.3 Å². The van der Waals surface area contributed by atoms with Crippen LogP contribution in [-0.4, -0.2) is 0 Å². The summed E-state index contributed by atoms with van der Waals surface area (Å²) < 4.78 is 0. The Kier molecular flexibility index (Phi) is 8.02. The molecule has 0 aliphatic heterocycles. The topological polar surface area (TPSA) is 0 Å². The molecule has 1 fully saturated rings. The summed E-state index contributed by atoms with van der Waals surface area (Å²) in [6, 6.07) is 8.60. The van der Waals surface area contributed by atoms with Crippen molar-refractivity contribution >= 4 is 0 Å². The fraction of sp³-hybridized carbons (Fsp3) is 0.565. The van der Waals surface area contributed by atoms with E-state index in [0.717, 1.165) is 23.8 Å². The van der Waals surface area contributed by atoms with Crippen molar-refractivity contribution in [1.29, 1.82) is 0 Å². The van der Waals surface area contributed by atoms with Gasteiger partial charge in [-0.2, -0.15) is 0 Å². The highest BCUT2D eigenvalue weighted by Gasteiger charge is 2.18. The summed E-state index contributed by atoms with van der Waals surface area (Å²) >= 11 is 0.